The van der Waals surface area contributed by atoms with Gasteiger partial charge in [0.1, 0.15) is 6.33 Å². The highest BCUT2D eigenvalue weighted by Crippen LogP contribution is 2.37. The number of amides is 1. The minimum Gasteiger partial charge on any atom is -0.381 e. The topological polar surface area (TPSA) is 100 Å². The van der Waals surface area contributed by atoms with Crippen LogP contribution in [-0.4, -0.2) is 57.4 Å². The third-order valence-corrected chi connectivity index (χ3v) is 6.02. The second kappa shape index (κ2) is 8.43. The summed E-state index contributed by atoms with van der Waals surface area (Å²) in [5.74, 6) is 2.66. The molecule has 1 fully saturated rings. The lowest BCUT2D eigenvalue weighted by Crippen LogP contribution is -2.45. The Morgan fingerprint density at radius 3 is 2.68 bits per heavy atom. The van der Waals surface area contributed by atoms with Gasteiger partial charge in [0.25, 0.3) is 5.91 Å². The van der Waals surface area contributed by atoms with Gasteiger partial charge in [0.2, 0.25) is 0 Å². The number of ether oxygens (including phenoxy) is 1. The predicted octanol–water partition coefficient (Wildman–Crippen LogP) is 2.87. The molecule has 0 saturated carbocycles. The second-order valence-electron chi connectivity index (χ2n) is 8.03. The molecule has 2 aliphatic heterocycles. The molecule has 0 bridgehead atoms. The number of hydrogen-bond donors (Lipinski definition) is 1. The van der Waals surface area contributed by atoms with Crippen LogP contribution in [0.2, 0.25) is 0 Å². The molecule has 0 spiro atoms. The summed E-state index contributed by atoms with van der Waals surface area (Å²) in [5.41, 5.74) is 2.68. The Morgan fingerprint density at radius 2 is 1.94 bits per heavy atom. The maximum Gasteiger partial charge on any atom is 0.252 e. The summed E-state index contributed by atoms with van der Waals surface area (Å²) >= 11 is 0. The summed E-state index contributed by atoms with van der Waals surface area (Å²) in [6.07, 6.45) is 7.99. The van der Waals surface area contributed by atoms with Crippen LogP contribution in [0.4, 0.5) is 17.3 Å². The minimum atomic E-state index is -0.00417. The fourth-order valence-electron chi connectivity index (χ4n) is 4.34. The molecule has 2 aromatic heterocycles. The Hall–Kier alpha value is -3.33. The van der Waals surface area contributed by atoms with Gasteiger partial charge in [-0.05, 0) is 55.9 Å². The first-order chi connectivity index (χ1) is 15.2. The standard InChI is InChI=1S/C22H25N7O2/c1-15-12-17(20-25-14-26-27-20)2-3-18(15)29-19(30)13-28(21-22(29)24-8-7-23-21)9-4-16-5-10-31-11-6-16/h2-3,7-8,12,14,16H,4-6,9-11,13H2,1H3,(H,25,26,27). The molecule has 0 radical (unpaired) electrons. The number of H-pyrrole nitrogens is 1. The van der Waals surface area contributed by atoms with Gasteiger partial charge in [-0.3, -0.25) is 14.8 Å². The van der Waals surface area contributed by atoms with E-state index in [4.69, 9.17) is 4.74 Å². The van der Waals surface area contributed by atoms with Gasteiger partial charge in [-0.2, -0.15) is 5.10 Å². The molecule has 1 saturated heterocycles. The number of aryl methyl sites for hydroxylation is 1. The molecule has 3 aromatic rings. The van der Waals surface area contributed by atoms with Gasteiger partial charge in [0.15, 0.2) is 17.5 Å². The van der Waals surface area contributed by atoms with Crippen molar-refractivity contribution in [1.29, 1.82) is 0 Å². The van der Waals surface area contributed by atoms with Crippen molar-refractivity contribution >= 4 is 23.2 Å². The van der Waals surface area contributed by atoms with Gasteiger partial charge >= 0.3 is 0 Å². The number of benzene rings is 1. The van der Waals surface area contributed by atoms with E-state index >= 15 is 0 Å². The first-order valence-corrected chi connectivity index (χ1v) is 10.6. The van der Waals surface area contributed by atoms with E-state index < -0.39 is 0 Å². The van der Waals surface area contributed by atoms with Crippen molar-refractivity contribution in [1.82, 2.24) is 25.1 Å². The van der Waals surface area contributed by atoms with Crippen molar-refractivity contribution in [2.45, 2.75) is 26.2 Å². The van der Waals surface area contributed by atoms with Gasteiger partial charge in [-0.1, -0.05) is 0 Å². The molecule has 9 heteroatoms. The van der Waals surface area contributed by atoms with Crippen LogP contribution < -0.4 is 9.80 Å². The Bertz CT molecular complexity index is 1060. The molecule has 31 heavy (non-hydrogen) atoms. The van der Waals surface area contributed by atoms with E-state index in [0.717, 1.165) is 61.7 Å². The maximum absolute atomic E-state index is 13.3. The lowest BCUT2D eigenvalue weighted by Gasteiger charge is -2.36. The third-order valence-electron chi connectivity index (χ3n) is 6.02. The van der Waals surface area contributed by atoms with Crippen molar-refractivity contribution in [3.8, 4) is 11.4 Å². The lowest BCUT2D eigenvalue weighted by molar-refractivity contribution is -0.116. The predicted molar refractivity (Wildman–Crippen MR) is 116 cm³/mol. The molecule has 1 N–H and O–H groups in total. The number of aromatic amines is 1. The number of carbonyl (C=O) groups excluding carboxylic acids is 1. The molecule has 2 aliphatic rings. The largest absolute Gasteiger partial charge is 0.381 e. The van der Waals surface area contributed by atoms with E-state index in [9.17, 15) is 4.79 Å². The normalized spacial score (nSPS) is 17.1. The number of hydrogen-bond acceptors (Lipinski definition) is 7. The number of carbonyl (C=O) groups is 1. The summed E-state index contributed by atoms with van der Waals surface area (Å²) in [6, 6.07) is 5.86. The van der Waals surface area contributed by atoms with Gasteiger partial charge < -0.3 is 9.64 Å². The quantitative estimate of drug-likeness (QED) is 0.679. The zero-order chi connectivity index (χ0) is 21.2. The van der Waals surface area contributed by atoms with Crippen molar-refractivity contribution in [3.63, 3.8) is 0 Å². The fourth-order valence-corrected chi connectivity index (χ4v) is 4.34. The highest BCUT2D eigenvalue weighted by molar-refractivity contribution is 6.07. The number of fused-ring (bicyclic) bond motifs is 1. The number of nitrogens with one attached hydrogen (secondary N) is 1. The molecule has 160 valence electrons. The molecule has 0 aliphatic carbocycles. The van der Waals surface area contributed by atoms with E-state index in [1.807, 2.05) is 25.1 Å². The maximum atomic E-state index is 13.3. The number of anilines is 3. The summed E-state index contributed by atoms with van der Waals surface area (Å²) in [7, 11) is 0. The Balaban J connectivity index is 1.42. The van der Waals surface area contributed by atoms with Crippen molar-refractivity contribution in [3.05, 3.63) is 42.5 Å². The molecule has 5 rings (SSSR count). The van der Waals surface area contributed by atoms with Crippen LogP contribution in [0.5, 0.6) is 0 Å². The van der Waals surface area contributed by atoms with Crippen LogP contribution in [0.1, 0.15) is 24.8 Å². The van der Waals surface area contributed by atoms with Gasteiger partial charge in [-0.15, -0.1) is 0 Å². The van der Waals surface area contributed by atoms with Crippen molar-refractivity contribution in [2.75, 3.05) is 36.1 Å². The molecule has 4 heterocycles. The molecule has 0 unspecified atom stereocenters. The van der Waals surface area contributed by atoms with Gasteiger partial charge in [-0.25, -0.2) is 15.0 Å². The molecular formula is C22H25N7O2. The van der Waals surface area contributed by atoms with Gasteiger partial charge in [0.05, 0.1) is 12.2 Å². The summed E-state index contributed by atoms with van der Waals surface area (Å²) in [6.45, 7) is 4.72. The monoisotopic (exact) mass is 419 g/mol. The third kappa shape index (κ3) is 3.88. The minimum absolute atomic E-state index is 0.00417. The van der Waals surface area contributed by atoms with Crippen LogP contribution in [0, 0.1) is 12.8 Å². The Morgan fingerprint density at radius 1 is 1.13 bits per heavy atom. The van der Waals surface area contributed by atoms with E-state index in [1.165, 1.54) is 6.33 Å². The highest BCUT2D eigenvalue weighted by Gasteiger charge is 2.33. The zero-order valence-electron chi connectivity index (χ0n) is 17.5. The van der Waals surface area contributed by atoms with Crippen LogP contribution >= 0.6 is 0 Å². The first-order valence-electron chi connectivity index (χ1n) is 10.6. The smallest absolute Gasteiger partial charge is 0.252 e. The van der Waals surface area contributed by atoms with Gasteiger partial charge in [0, 0.05) is 37.7 Å². The number of nitrogens with zero attached hydrogens (tertiary/aromatic N) is 6. The zero-order valence-corrected chi connectivity index (χ0v) is 17.5. The molecule has 1 aromatic carbocycles. The first kappa shape index (κ1) is 19.6. The summed E-state index contributed by atoms with van der Waals surface area (Å²) in [5, 5.41) is 6.78. The lowest BCUT2D eigenvalue weighted by atomic mass is 9.96. The van der Waals surface area contributed by atoms with Crippen LogP contribution in [-0.2, 0) is 9.53 Å². The Kier molecular flexibility index (Phi) is 5.33. The van der Waals surface area contributed by atoms with E-state index in [1.54, 1.807) is 17.3 Å². The molecule has 1 amide bonds. The summed E-state index contributed by atoms with van der Waals surface area (Å²) in [4.78, 5) is 30.3. The Labute approximate surface area is 180 Å². The average molecular weight is 419 g/mol. The number of rotatable bonds is 5. The van der Waals surface area contributed by atoms with Crippen molar-refractivity contribution < 1.29 is 9.53 Å². The van der Waals surface area contributed by atoms with Crippen LogP contribution in [0.3, 0.4) is 0 Å². The van der Waals surface area contributed by atoms with E-state index in [2.05, 4.69) is 30.0 Å². The number of aromatic nitrogens is 5. The molecule has 9 nitrogen and oxygen atoms in total. The molecule has 0 atom stereocenters. The summed E-state index contributed by atoms with van der Waals surface area (Å²) < 4.78 is 5.46. The highest BCUT2D eigenvalue weighted by atomic mass is 16.5. The van der Waals surface area contributed by atoms with Crippen molar-refractivity contribution in [2.24, 2.45) is 5.92 Å². The van der Waals surface area contributed by atoms with Crippen LogP contribution in [0.15, 0.2) is 36.9 Å². The second-order valence-corrected chi connectivity index (χ2v) is 8.03. The molecular weight excluding hydrogens is 394 g/mol. The van der Waals surface area contributed by atoms with E-state index in [0.29, 0.717) is 17.6 Å². The average Bonchev–Trinajstić information content (AvgIpc) is 3.34. The fraction of sp³-hybridized carbons (Fsp3) is 0.409. The SMILES string of the molecule is Cc1cc(-c2ncn[nH]2)ccc1N1C(=O)CN(CCC2CCOCC2)c2nccnc21. The van der Waals surface area contributed by atoms with E-state index in [-0.39, 0.29) is 12.5 Å². The van der Waals surface area contributed by atoms with Crippen LogP contribution in [0.25, 0.3) is 11.4 Å².